The lowest BCUT2D eigenvalue weighted by molar-refractivity contribution is 0.452. The van der Waals surface area contributed by atoms with Crippen LogP contribution < -0.4 is 5.73 Å². The van der Waals surface area contributed by atoms with E-state index in [0.717, 1.165) is 6.26 Å². The van der Waals surface area contributed by atoms with Crippen LogP contribution in [-0.4, -0.2) is 19.8 Å². The summed E-state index contributed by atoms with van der Waals surface area (Å²) in [7, 11) is -3.42. The smallest absolute Gasteiger partial charge is 0.179 e. The van der Waals surface area contributed by atoms with Gasteiger partial charge in [-0.3, -0.25) is 0 Å². The lowest BCUT2D eigenvalue weighted by Crippen LogP contribution is -2.03. The van der Waals surface area contributed by atoms with Gasteiger partial charge in [-0.2, -0.15) is 0 Å². The molecule has 0 radical (unpaired) electrons. The molecule has 3 N–H and O–H groups in total. The zero-order chi connectivity index (χ0) is 10.9. The van der Waals surface area contributed by atoms with Crippen LogP contribution in [0.3, 0.4) is 0 Å². The maximum absolute atomic E-state index is 11.3. The van der Waals surface area contributed by atoms with Crippen LogP contribution in [0.4, 0.5) is 0 Å². The summed E-state index contributed by atoms with van der Waals surface area (Å²) >= 11 is 3.15. The van der Waals surface area contributed by atoms with Crippen molar-refractivity contribution >= 4 is 25.8 Å². The monoisotopic (exact) mass is 279 g/mol. The van der Waals surface area contributed by atoms with E-state index in [-0.39, 0.29) is 17.2 Å². The van der Waals surface area contributed by atoms with Gasteiger partial charge in [-0.1, -0.05) is 15.9 Å². The van der Waals surface area contributed by atoms with E-state index in [1.165, 1.54) is 6.07 Å². The standard InChI is InChI=1S/C8H10BrNO3S/c1-14(12,13)7-3-6(9)2-5(4-10)8(7)11/h2-3,11H,4,10H2,1H3. The Morgan fingerprint density at radius 2 is 2.07 bits per heavy atom. The quantitative estimate of drug-likeness (QED) is 0.847. The van der Waals surface area contributed by atoms with Crippen LogP contribution in [0, 0.1) is 0 Å². The Hall–Kier alpha value is -0.590. The molecular weight excluding hydrogens is 270 g/mol. The Morgan fingerprint density at radius 3 is 2.50 bits per heavy atom. The van der Waals surface area contributed by atoms with Gasteiger partial charge in [0.1, 0.15) is 10.6 Å². The molecule has 0 unspecified atom stereocenters. The molecule has 4 nitrogen and oxygen atoms in total. The van der Waals surface area contributed by atoms with Crippen LogP contribution in [-0.2, 0) is 16.4 Å². The van der Waals surface area contributed by atoms with Gasteiger partial charge in [-0.05, 0) is 12.1 Å². The number of benzene rings is 1. The second kappa shape index (κ2) is 3.88. The zero-order valence-electron chi connectivity index (χ0n) is 7.49. The van der Waals surface area contributed by atoms with Gasteiger partial charge in [0, 0.05) is 22.8 Å². The lowest BCUT2D eigenvalue weighted by atomic mass is 10.2. The third-order valence-electron chi connectivity index (χ3n) is 1.74. The van der Waals surface area contributed by atoms with Gasteiger partial charge in [0.05, 0.1) is 0 Å². The minimum Gasteiger partial charge on any atom is -0.506 e. The molecule has 14 heavy (non-hydrogen) atoms. The SMILES string of the molecule is CS(=O)(=O)c1cc(Br)cc(CN)c1O. The van der Waals surface area contributed by atoms with E-state index in [4.69, 9.17) is 5.73 Å². The van der Waals surface area contributed by atoms with E-state index in [1.54, 1.807) is 6.07 Å². The second-order valence-corrected chi connectivity index (χ2v) is 5.79. The fourth-order valence-electron chi connectivity index (χ4n) is 1.07. The summed E-state index contributed by atoms with van der Waals surface area (Å²) in [5.41, 5.74) is 5.76. The van der Waals surface area contributed by atoms with E-state index < -0.39 is 9.84 Å². The van der Waals surface area contributed by atoms with Crippen molar-refractivity contribution in [3.8, 4) is 5.75 Å². The summed E-state index contributed by atoms with van der Waals surface area (Å²) < 4.78 is 23.1. The zero-order valence-corrected chi connectivity index (χ0v) is 9.89. The Bertz CT molecular complexity index is 456. The molecule has 0 aromatic heterocycles. The number of phenols is 1. The number of halogens is 1. The molecule has 1 aromatic rings. The molecule has 0 saturated heterocycles. The van der Waals surface area contributed by atoms with Gasteiger partial charge in [0.15, 0.2) is 9.84 Å². The van der Waals surface area contributed by atoms with Crippen molar-refractivity contribution in [1.29, 1.82) is 0 Å². The van der Waals surface area contributed by atoms with Crippen molar-refractivity contribution in [2.24, 2.45) is 5.73 Å². The first-order chi connectivity index (χ1) is 6.36. The molecule has 0 heterocycles. The molecule has 78 valence electrons. The topological polar surface area (TPSA) is 80.4 Å². The first kappa shape index (κ1) is 11.5. The summed E-state index contributed by atoms with van der Waals surface area (Å²) in [6, 6.07) is 2.94. The van der Waals surface area contributed by atoms with Gasteiger partial charge >= 0.3 is 0 Å². The van der Waals surface area contributed by atoms with Crippen LogP contribution >= 0.6 is 15.9 Å². The first-order valence-electron chi connectivity index (χ1n) is 3.77. The third-order valence-corrected chi connectivity index (χ3v) is 3.31. The van der Waals surface area contributed by atoms with Gasteiger partial charge < -0.3 is 10.8 Å². The second-order valence-electron chi connectivity index (χ2n) is 2.89. The minimum absolute atomic E-state index is 0.0911. The fraction of sp³-hybridized carbons (Fsp3) is 0.250. The van der Waals surface area contributed by atoms with Crippen molar-refractivity contribution in [2.45, 2.75) is 11.4 Å². The van der Waals surface area contributed by atoms with Crippen LogP contribution in [0.2, 0.25) is 0 Å². The van der Waals surface area contributed by atoms with Crippen LogP contribution in [0.15, 0.2) is 21.5 Å². The molecule has 0 fully saturated rings. The number of rotatable bonds is 2. The number of aromatic hydroxyl groups is 1. The molecule has 0 saturated carbocycles. The highest BCUT2D eigenvalue weighted by Gasteiger charge is 2.16. The minimum atomic E-state index is -3.42. The molecule has 6 heteroatoms. The Labute approximate surface area is 90.8 Å². The largest absolute Gasteiger partial charge is 0.506 e. The van der Waals surface area contributed by atoms with Crippen molar-refractivity contribution in [3.05, 3.63) is 22.2 Å². The van der Waals surface area contributed by atoms with E-state index in [1.807, 2.05) is 0 Å². The lowest BCUT2D eigenvalue weighted by Gasteiger charge is -2.07. The van der Waals surface area contributed by atoms with Gasteiger partial charge in [-0.15, -0.1) is 0 Å². The fourth-order valence-corrected chi connectivity index (χ4v) is 2.55. The van der Waals surface area contributed by atoms with Crippen molar-refractivity contribution in [1.82, 2.24) is 0 Å². The highest BCUT2D eigenvalue weighted by atomic mass is 79.9. The van der Waals surface area contributed by atoms with Crippen molar-refractivity contribution in [3.63, 3.8) is 0 Å². The summed E-state index contributed by atoms with van der Waals surface area (Å²) in [5, 5.41) is 9.57. The van der Waals surface area contributed by atoms with Gasteiger partial charge in [-0.25, -0.2) is 8.42 Å². The molecule has 0 spiro atoms. The number of hydrogen-bond acceptors (Lipinski definition) is 4. The average molecular weight is 280 g/mol. The molecule has 1 aromatic carbocycles. The molecule has 1 rings (SSSR count). The first-order valence-corrected chi connectivity index (χ1v) is 6.46. The summed E-state index contributed by atoms with van der Waals surface area (Å²) in [6.45, 7) is 0.0911. The third kappa shape index (κ3) is 2.26. The highest BCUT2D eigenvalue weighted by Crippen LogP contribution is 2.30. The molecular formula is C8H10BrNO3S. The van der Waals surface area contributed by atoms with Crippen molar-refractivity contribution < 1.29 is 13.5 Å². The molecule has 0 amide bonds. The van der Waals surface area contributed by atoms with Crippen molar-refractivity contribution in [2.75, 3.05) is 6.26 Å². The Kier molecular flexibility index (Phi) is 3.18. The van der Waals surface area contributed by atoms with E-state index in [0.29, 0.717) is 10.0 Å². The normalized spacial score (nSPS) is 11.6. The molecule has 0 aliphatic rings. The van der Waals surface area contributed by atoms with E-state index in [9.17, 15) is 13.5 Å². The maximum atomic E-state index is 11.3. The molecule has 0 aliphatic heterocycles. The number of hydrogen-bond donors (Lipinski definition) is 2. The molecule has 0 aliphatic carbocycles. The highest BCUT2D eigenvalue weighted by molar-refractivity contribution is 9.10. The average Bonchev–Trinajstić information content (AvgIpc) is 2.06. The molecule has 0 bridgehead atoms. The predicted octanol–water partition coefficient (Wildman–Crippen LogP) is 1.02. The number of sulfone groups is 1. The van der Waals surface area contributed by atoms with E-state index in [2.05, 4.69) is 15.9 Å². The molecule has 0 atom stereocenters. The Morgan fingerprint density at radius 1 is 1.50 bits per heavy atom. The van der Waals surface area contributed by atoms with Crippen LogP contribution in [0.25, 0.3) is 0 Å². The van der Waals surface area contributed by atoms with Gasteiger partial charge in [0.25, 0.3) is 0 Å². The number of nitrogens with two attached hydrogens (primary N) is 1. The van der Waals surface area contributed by atoms with Crippen LogP contribution in [0.5, 0.6) is 5.75 Å². The van der Waals surface area contributed by atoms with Crippen LogP contribution in [0.1, 0.15) is 5.56 Å². The van der Waals surface area contributed by atoms with E-state index >= 15 is 0 Å². The Balaban J connectivity index is 3.53. The summed E-state index contributed by atoms with van der Waals surface area (Å²) in [4.78, 5) is -0.104. The predicted molar refractivity (Wildman–Crippen MR) is 56.8 cm³/mol. The number of phenolic OH excluding ortho intramolecular Hbond substituents is 1. The summed E-state index contributed by atoms with van der Waals surface area (Å²) in [6.07, 6.45) is 1.04. The van der Waals surface area contributed by atoms with Gasteiger partial charge in [0.2, 0.25) is 0 Å². The maximum Gasteiger partial charge on any atom is 0.179 e. The summed E-state index contributed by atoms with van der Waals surface area (Å²) in [5.74, 6) is -0.266.